The number of ether oxygens (including phenoxy) is 2. The smallest absolute Gasteiger partial charge is 0.338 e. The van der Waals surface area contributed by atoms with Crippen LogP contribution in [0.15, 0.2) is 48.5 Å². The molecular formula is C21H19NO6. The molecule has 0 radical (unpaired) electrons. The van der Waals surface area contributed by atoms with E-state index in [0.29, 0.717) is 12.0 Å². The molecular weight excluding hydrogens is 362 g/mol. The van der Waals surface area contributed by atoms with E-state index in [9.17, 15) is 19.2 Å². The Morgan fingerprint density at radius 1 is 0.964 bits per heavy atom. The molecule has 0 heterocycles. The number of benzene rings is 2. The summed E-state index contributed by atoms with van der Waals surface area (Å²) < 4.78 is 9.28. The maximum Gasteiger partial charge on any atom is 0.338 e. The van der Waals surface area contributed by atoms with Crippen molar-refractivity contribution in [1.29, 1.82) is 0 Å². The van der Waals surface area contributed by atoms with Crippen molar-refractivity contribution in [2.75, 3.05) is 19.5 Å². The molecule has 0 spiro atoms. The molecule has 2 aromatic rings. The fourth-order valence-corrected chi connectivity index (χ4v) is 2.51. The summed E-state index contributed by atoms with van der Waals surface area (Å²) in [6.07, 6.45) is 1.42. The molecule has 0 aliphatic heterocycles. The van der Waals surface area contributed by atoms with Crippen molar-refractivity contribution >= 4 is 35.4 Å². The lowest BCUT2D eigenvalue weighted by atomic mass is 9.94. The Kier molecular flexibility index (Phi) is 6.81. The maximum atomic E-state index is 12.9. The molecule has 7 heteroatoms. The zero-order chi connectivity index (χ0) is 20.7. The van der Waals surface area contributed by atoms with Gasteiger partial charge < -0.3 is 14.8 Å². The lowest BCUT2D eigenvalue weighted by Gasteiger charge is -2.14. The molecule has 0 bridgehead atoms. The van der Waals surface area contributed by atoms with Crippen molar-refractivity contribution in [3.05, 3.63) is 70.8 Å². The summed E-state index contributed by atoms with van der Waals surface area (Å²) in [7, 11) is 2.30. The number of amides is 1. The Bertz CT molecular complexity index is 944. The third-order valence-corrected chi connectivity index (χ3v) is 3.92. The Morgan fingerprint density at radius 2 is 1.64 bits per heavy atom. The van der Waals surface area contributed by atoms with E-state index in [1.165, 1.54) is 18.2 Å². The number of anilines is 1. The molecule has 144 valence electrons. The highest BCUT2D eigenvalue weighted by Gasteiger charge is 2.24. The molecule has 0 saturated carbocycles. The molecule has 0 aromatic heterocycles. The number of hydrogen-bond acceptors (Lipinski definition) is 6. The van der Waals surface area contributed by atoms with Gasteiger partial charge in [0.25, 0.3) is 5.91 Å². The van der Waals surface area contributed by atoms with E-state index in [-0.39, 0.29) is 22.3 Å². The number of aldehydes is 1. The predicted molar refractivity (Wildman–Crippen MR) is 103 cm³/mol. The first-order valence-electron chi connectivity index (χ1n) is 8.25. The topological polar surface area (TPSA) is 98.8 Å². The van der Waals surface area contributed by atoms with Crippen LogP contribution in [-0.4, -0.2) is 38.4 Å². The number of nitrogens with one attached hydrogen (secondary N) is 1. The third kappa shape index (κ3) is 4.70. The first kappa shape index (κ1) is 20.6. The fraction of sp³-hybridized carbons (Fsp3) is 0.143. The second-order valence-corrected chi connectivity index (χ2v) is 5.78. The molecule has 7 nitrogen and oxygen atoms in total. The van der Waals surface area contributed by atoms with Crippen LogP contribution in [0, 0.1) is 6.92 Å². The van der Waals surface area contributed by atoms with Crippen LogP contribution in [0.4, 0.5) is 5.69 Å². The number of methoxy groups -OCH3 is 2. The highest BCUT2D eigenvalue weighted by molar-refractivity contribution is 6.24. The van der Waals surface area contributed by atoms with Gasteiger partial charge in [0.2, 0.25) is 0 Å². The van der Waals surface area contributed by atoms with Gasteiger partial charge in [0.1, 0.15) is 0 Å². The summed E-state index contributed by atoms with van der Waals surface area (Å²) in [4.78, 5) is 48.3. The zero-order valence-electron chi connectivity index (χ0n) is 15.6. The van der Waals surface area contributed by atoms with Crippen LogP contribution in [0.2, 0.25) is 0 Å². The largest absolute Gasteiger partial charge is 0.466 e. The number of aryl methyl sites for hydroxylation is 1. The predicted octanol–water partition coefficient (Wildman–Crippen LogP) is 2.79. The van der Waals surface area contributed by atoms with E-state index >= 15 is 0 Å². The van der Waals surface area contributed by atoms with Crippen molar-refractivity contribution in [2.45, 2.75) is 6.92 Å². The Labute approximate surface area is 162 Å². The number of carbonyl (C=O) groups excluding carboxylic acids is 4. The molecule has 0 aliphatic carbocycles. The Hall–Kier alpha value is -3.74. The van der Waals surface area contributed by atoms with Crippen molar-refractivity contribution in [3.63, 3.8) is 0 Å². The van der Waals surface area contributed by atoms with E-state index in [1.54, 1.807) is 12.1 Å². The van der Waals surface area contributed by atoms with Gasteiger partial charge in [-0.2, -0.15) is 0 Å². The van der Waals surface area contributed by atoms with Crippen LogP contribution in [0.5, 0.6) is 0 Å². The normalized spacial score (nSPS) is 10.8. The average molecular weight is 381 g/mol. The lowest BCUT2D eigenvalue weighted by molar-refractivity contribution is -0.136. The molecule has 0 fully saturated rings. The van der Waals surface area contributed by atoms with Crippen LogP contribution in [-0.2, 0) is 19.1 Å². The van der Waals surface area contributed by atoms with E-state index in [0.717, 1.165) is 25.9 Å². The van der Waals surface area contributed by atoms with Crippen LogP contribution in [0.25, 0.3) is 5.57 Å². The quantitative estimate of drug-likeness (QED) is 0.469. The van der Waals surface area contributed by atoms with Gasteiger partial charge in [-0.05, 0) is 19.1 Å². The van der Waals surface area contributed by atoms with Gasteiger partial charge in [0.15, 0.2) is 6.29 Å². The van der Waals surface area contributed by atoms with Gasteiger partial charge in [-0.1, -0.05) is 35.9 Å². The van der Waals surface area contributed by atoms with E-state index in [2.05, 4.69) is 10.1 Å². The monoisotopic (exact) mass is 381 g/mol. The fourth-order valence-electron chi connectivity index (χ4n) is 2.51. The second kappa shape index (κ2) is 9.27. The number of hydrogen-bond donors (Lipinski definition) is 1. The maximum absolute atomic E-state index is 12.9. The molecule has 28 heavy (non-hydrogen) atoms. The number of rotatable bonds is 6. The van der Waals surface area contributed by atoms with Crippen molar-refractivity contribution in [3.8, 4) is 0 Å². The van der Waals surface area contributed by atoms with Crippen LogP contribution in [0.1, 0.15) is 31.8 Å². The Balaban J connectivity index is 2.59. The van der Waals surface area contributed by atoms with Crippen LogP contribution >= 0.6 is 0 Å². The van der Waals surface area contributed by atoms with Crippen LogP contribution in [0.3, 0.4) is 0 Å². The molecule has 1 N–H and O–H groups in total. The number of carbonyl (C=O) groups is 4. The molecule has 0 atom stereocenters. The number of esters is 2. The Morgan fingerprint density at radius 3 is 2.21 bits per heavy atom. The molecule has 2 aromatic carbocycles. The summed E-state index contributed by atoms with van der Waals surface area (Å²) in [6.45, 7) is 1.91. The summed E-state index contributed by atoms with van der Waals surface area (Å²) >= 11 is 0. The van der Waals surface area contributed by atoms with Gasteiger partial charge in [-0.15, -0.1) is 0 Å². The minimum absolute atomic E-state index is 0.0568. The standard InChI is InChI=1S/C21H19NO6/c1-13-7-9-15(10-8-13)22-20(25)19-14(12-23)5-4-6-16(19)17(21(26)28-3)11-18(24)27-2/h4-12H,1-3H3,(H,22,25)/b17-11-. The van der Waals surface area contributed by atoms with E-state index < -0.39 is 17.8 Å². The highest BCUT2D eigenvalue weighted by atomic mass is 16.5. The summed E-state index contributed by atoms with van der Waals surface area (Å²) in [5, 5.41) is 2.69. The van der Waals surface area contributed by atoms with Crippen LogP contribution < -0.4 is 5.32 Å². The van der Waals surface area contributed by atoms with E-state index in [4.69, 9.17) is 4.74 Å². The summed E-state index contributed by atoms with van der Waals surface area (Å²) in [5.41, 5.74) is 1.40. The molecule has 1 amide bonds. The molecule has 2 rings (SSSR count). The molecule has 0 unspecified atom stereocenters. The zero-order valence-corrected chi connectivity index (χ0v) is 15.6. The van der Waals surface area contributed by atoms with Gasteiger partial charge in [0, 0.05) is 22.9 Å². The molecule has 0 aliphatic rings. The van der Waals surface area contributed by atoms with Crippen molar-refractivity contribution in [1.82, 2.24) is 0 Å². The highest BCUT2D eigenvalue weighted by Crippen LogP contribution is 2.25. The minimum Gasteiger partial charge on any atom is -0.466 e. The van der Waals surface area contributed by atoms with Crippen molar-refractivity contribution in [2.24, 2.45) is 0 Å². The first-order valence-corrected chi connectivity index (χ1v) is 8.25. The third-order valence-electron chi connectivity index (χ3n) is 3.92. The van der Waals surface area contributed by atoms with Gasteiger partial charge in [-0.3, -0.25) is 9.59 Å². The van der Waals surface area contributed by atoms with E-state index in [1.807, 2.05) is 19.1 Å². The SMILES string of the molecule is COC(=O)/C=C(\C(=O)OC)c1cccc(C=O)c1C(=O)Nc1ccc(C)cc1. The summed E-state index contributed by atoms with van der Waals surface area (Å²) in [5.74, 6) is -2.26. The second-order valence-electron chi connectivity index (χ2n) is 5.78. The molecule has 0 saturated heterocycles. The van der Waals surface area contributed by atoms with Gasteiger partial charge in [-0.25, -0.2) is 9.59 Å². The van der Waals surface area contributed by atoms with Gasteiger partial charge in [0.05, 0.1) is 25.4 Å². The first-order chi connectivity index (χ1) is 13.4. The van der Waals surface area contributed by atoms with Crippen molar-refractivity contribution < 1.29 is 28.7 Å². The average Bonchev–Trinajstić information content (AvgIpc) is 2.72. The van der Waals surface area contributed by atoms with Gasteiger partial charge >= 0.3 is 11.9 Å². The lowest BCUT2D eigenvalue weighted by Crippen LogP contribution is -2.19. The summed E-state index contributed by atoms with van der Waals surface area (Å²) in [6, 6.07) is 11.4. The minimum atomic E-state index is -0.849.